The van der Waals surface area contributed by atoms with Crippen LogP contribution in [0.25, 0.3) is 0 Å². The summed E-state index contributed by atoms with van der Waals surface area (Å²) in [7, 11) is 0. The van der Waals surface area contributed by atoms with Gasteiger partial charge in [-0.15, -0.1) is 0 Å². The van der Waals surface area contributed by atoms with Crippen LogP contribution >= 0.6 is 15.9 Å². The standard InChI is InChI=1S/C13H18BrN3/c1-8-4-11(14)5-9(2)12(8)7-16-13-15-6-10(3)17-13/h4-5,10H,6-7H2,1-3H3,(H2,15,16,17). The fourth-order valence-corrected chi connectivity index (χ4v) is 2.74. The van der Waals surface area contributed by atoms with Crippen LogP contribution in [-0.2, 0) is 6.54 Å². The molecule has 17 heavy (non-hydrogen) atoms. The Kier molecular flexibility index (Phi) is 3.72. The molecule has 1 aliphatic heterocycles. The van der Waals surface area contributed by atoms with Crippen LogP contribution in [-0.4, -0.2) is 18.5 Å². The molecular weight excluding hydrogens is 278 g/mol. The largest absolute Gasteiger partial charge is 0.352 e. The third kappa shape index (κ3) is 3.00. The molecule has 2 N–H and O–H groups in total. The summed E-state index contributed by atoms with van der Waals surface area (Å²) in [4.78, 5) is 4.39. The van der Waals surface area contributed by atoms with Crippen molar-refractivity contribution >= 4 is 21.9 Å². The van der Waals surface area contributed by atoms with E-state index in [9.17, 15) is 0 Å². The summed E-state index contributed by atoms with van der Waals surface area (Å²) >= 11 is 3.52. The number of rotatable bonds is 2. The lowest BCUT2D eigenvalue weighted by Gasteiger charge is -2.13. The van der Waals surface area contributed by atoms with Crippen LogP contribution in [0, 0.1) is 13.8 Å². The molecule has 4 heteroatoms. The Labute approximate surface area is 111 Å². The summed E-state index contributed by atoms with van der Waals surface area (Å²) in [5, 5.41) is 6.66. The van der Waals surface area contributed by atoms with Gasteiger partial charge in [-0.1, -0.05) is 15.9 Å². The van der Waals surface area contributed by atoms with E-state index in [0.717, 1.165) is 23.5 Å². The molecular formula is C13H18BrN3. The summed E-state index contributed by atoms with van der Waals surface area (Å²) in [6, 6.07) is 4.75. The van der Waals surface area contributed by atoms with E-state index in [2.05, 4.69) is 64.5 Å². The van der Waals surface area contributed by atoms with E-state index in [1.54, 1.807) is 0 Å². The minimum atomic E-state index is 0.449. The zero-order chi connectivity index (χ0) is 12.4. The van der Waals surface area contributed by atoms with E-state index >= 15 is 0 Å². The SMILES string of the molecule is Cc1cc(Br)cc(C)c1CNC1=NCC(C)N1. The normalized spacial score (nSPS) is 18.8. The van der Waals surface area contributed by atoms with Crippen LogP contribution < -0.4 is 10.6 Å². The summed E-state index contributed by atoms with van der Waals surface area (Å²) in [5.41, 5.74) is 3.95. The highest BCUT2D eigenvalue weighted by atomic mass is 79.9. The molecule has 1 aromatic carbocycles. The third-order valence-electron chi connectivity index (χ3n) is 3.00. The second kappa shape index (κ2) is 5.08. The van der Waals surface area contributed by atoms with Gasteiger partial charge in [0.15, 0.2) is 5.96 Å². The van der Waals surface area contributed by atoms with Crippen molar-refractivity contribution in [1.29, 1.82) is 0 Å². The van der Waals surface area contributed by atoms with Gasteiger partial charge in [-0.2, -0.15) is 0 Å². The molecule has 0 radical (unpaired) electrons. The topological polar surface area (TPSA) is 36.4 Å². The number of halogens is 1. The van der Waals surface area contributed by atoms with Crippen LogP contribution in [0.15, 0.2) is 21.6 Å². The first kappa shape index (κ1) is 12.4. The smallest absolute Gasteiger partial charge is 0.191 e. The second-order valence-corrected chi connectivity index (χ2v) is 5.52. The number of nitrogens with zero attached hydrogens (tertiary/aromatic N) is 1. The lowest BCUT2D eigenvalue weighted by Crippen LogP contribution is -2.37. The van der Waals surface area contributed by atoms with Crippen LogP contribution in [0.2, 0.25) is 0 Å². The Bertz CT molecular complexity index is 431. The average Bonchev–Trinajstić information content (AvgIpc) is 2.62. The van der Waals surface area contributed by atoms with Crippen molar-refractivity contribution < 1.29 is 0 Å². The number of guanidine groups is 1. The Morgan fingerprint density at radius 2 is 2.06 bits per heavy atom. The maximum absolute atomic E-state index is 4.39. The fourth-order valence-electron chi connectivity index (χ4n) is 2.05. The number of hydrogen-bond donors (Lipinski definition) is 2. The molecule has 92 valence electrons. The molecule has 1 aromatic rings. The van der Waals surface area contributed by atoms with Crippen LogP contribution in [0.3, 0.4) is 0 Å². The van der Waals surface area contributed by atoms with Crippen LogP contribution in [0.4, 0.5) is 0 Å². The first-order valence-electron chi connectivity index (χ1n) is 5.86. The quantitative estimate of drug-likeness (QED) is 0.880. The molecule has 0 aliphatic carbocycles. The molecule has 0 saturated heterocycles. The lowest BCUT2D eigenvalue weighted by atomic mass is 10.0. The van der Waals surface area contributed by atoms with Crippen molar-refractivity contribution in [3.63, 3.8) is 0 Å². The van der Waals surface area contributed by atoms with Gasteiger partial charge >= 0.3 is 0 Å². The van der Waals surface area contributed by atoms with E-state index in [1.807, 2.05) is 0 Å². The van der Waals surface area contributed by atoms with E-state index < -0.39 is 0 Å². The minimum absolute atomic E-state index is 0.449. The van der Waals surface area contributed by atoms with Crippen molar-refractivity contribution in [1.82, 2.24) is 10.6 Å². The fraction of sp³-hybridized carbons (Fsp3) is 0.462. The number of aryl methyl sites for hydroxylation is 2. The molecule has 0 spiro atoms. The maximum atomic E-state index is 4.39. The molecule has 0 amide bonds. The number of nitrogens with one attached hydrogen (secondary N) is 2. The predicted octanol–water partition coefficient (Wildman–Crippen LogP) is 2.50. The predicted molar refractivity (Wildman–Crippen MR) is 75.4 cm³/mol. The van der Waals surface area contributed by atoms with Crippen molar-refractivity contribution in [3.8, 4) is 0 Å². The summed E-state index contributed by atoms with van der Waals surface area (Å²) in [6.07, 6.45) is 0. The van der Waals surface area contributed by atoms with Gasteiger partial charge in [-0.05, 0) is 49.6 Å². The van der Waals surface area contributed by atoms with Gasteiger partial charge in [0.2, 0.25) is 0 Å². The maximum Gasteiger partial charge on any atom is 0.191 e. The van der Waals surface area contributed by atoms with E-state index in [4.69, 9.17) is 0 Å². The molecule has 3 nitrogen and oxygen atoms in total. The van der Waals surface area contributed by atoms with Gasteiger partial charge in [0.25, 0.3) is 0 Å². The number of hydrogen-bond acceptors (Lipinski definition) is 3. The summed E-state index contributed by atoms with van der Waals surface area (Å²) in [5.74, 6) is 0.916. The molecule has 0 fully saturated rings. The minimum Gasteiger partial charge on any atom is -0.352 e. The average molecular weight is 296 g/mol. The lowest BCUT2D eigenvalue weighted by molar-refractivity contribution is 0.712. The molecule has 0 aromatic heterocycles. The number of aliphatic imine (C=N–C) groups is 1. The zero-order valence-corrected chi connectivity index (χ0v) is 12.1. The van der Waals surface area contributed by atoms with Gasteiger partial charge in [0.1, 0.15) is 0 Å². The van der Waals surface area contributed by atoms with E-state index in [0.29, 0.717) is 6.04 Å². The van der Waals surface area contributed by atoms with E-state index in [1.165, 1.54) is 16.7 Å². The van der Waals surface area contributed by atoms with Gasteiger partial charge < -0.3 is 10.6 Å². The van der Waals surface area contributed by atoms with Crippen molar-refractivity contribution in [2.24, 2.45) is 4.99 Å². The highest BCUT2D eigenvalue weighted by Crippen LogP contribution is 2.20. The Morgan fingerprint density at radius 1 is 1.41 bits per heavy atom. The van der Waals surface area contributed by atoms with Crippen molar-refractivity contribution in [2.45, 2.75) is 33.4 Å². The van der Waals surface area contributed by atoms with Gasteiger partial charge in [0.05, 0.1) is 6.54 Å². The molecule has 1 unspecified atom stereocenters. The van der Waals surface area contributed by atoms with Crippen LogP contribution in [0.5, 0.6) is 0 Å². The highest BCUT2D eigenvalue weighted by Gasteiger charge is 2.12. The third-order valence-corrected chi connectivity index (χ3v) is 3.46. The first-order chi connectivity index (χ1) is 8.06. The number of benzene rings is 1. The van der Waals surface area contributed by atoms with Gasteiger partial charge in [0, 0.05) is 17.1 Å². The van der Waals surface area contributed by atoms with Gasteiger partial charge in [-0.3, -0.25) is 4.99 Å². The second-order valence-electron chi connectivity index (χ2n) is 4.61. The van der Waals surface area contributed by atoms with E-state index in [-0.39, 0.29) is 0 Å². The molecule has 1 atom stereocenters. The summed E-state index contributed by atoms with van der Waals surface area (Å²) < 4.78 is 1.14. The van der Waals surface area contributed by atoms with Gasteiger partial charge in [-0.25, -0.2) is 0 Å². The first-order valence-corrected chi connectivity index (χ1v) is 6.66. The van der Waals surface area contributed by atoms with Crippen molar-refractivity contribution in [2.75, 3.05) is 6.54 Å². The Morgan fingerprint density at radius 3 is 2.59 bits per heavy atom. The monoisotopic (exact) mass is 295 g/mol. The molecule has 2 rings (SSSR count). The molecule has 0 bridgehead atoms. The van der Waals surface area contributed by atoms with Crippen molar-refractivity contribution in [3.05, 3.63) is 33.3 Å². The summed E-state index contributed by atoms with van der Waals surface area (Å²) in [6.45, 7) is 8.10. The zero-order valence-electron chi connectivity index (χ0n) is 10.5. The Hall–Kier alpha value is -1.03. The Balaban J connectivity index is 2.04. The molecule has 1 heterocycles. The molecule has 1 aliphatic rings. The van der Waals surface area contributed by atoms with Crippen LogP contribution in [0.1, 0.15) is 23.6 Å². The molecule has 0 saturated carbocycles. The highest BCUT2D eigenvalue weighted by molar-refractivity contribution is 9.10.